The molecule has 0 aromatic heterocycles. The lowest BCUT2D eigenvalue weighted by Crippen LogP contribution is -1.99. The highest BCUT2D eigenvalue weighted by molar-refractivity contribution is 5.41. The zero-order valence-electron chi connectivity index (χ0n) is 10.6. The molecule has 0 amide bonds. The summed E-state index contributed by atoms with van der Waals surface area (Å²) in [4.78, 5) is 0. The molecule has 2 rings (SSSR count). The Morgan fingerprint density at radius 1 is 1.05 bits per heavy atom. The summed E-state index contributed by atoms with van der Waals surface area (Å²) in [5.74, 6) is 4.09. The molecule has 2 aromatic carbocycles. The van der Waals surface area contributed by atoms with Crippen molar-refractivity contribution < 1.29 is 18.6 Å². The predicted octanol–water partition coefficient (Wildman–Crippen LogP) is 2.89. The SMILES string of the molecule is OCC#Cc1ccccc1COc1cc(F)cc(F)c1. The van der Waals surface area contributed by atoms with E-state index in [4.69, 9.17) is 9.84 Å². The molecule has 0 bridgehead atoms. The molecule has 0 spiro atoms. The molecular weight excluding hydrogens is 262 g/mol. The van der Waals surface area contributed by atoms with E-state index in [1.807, 2.05) is 12.1 Å². The minimum atomic E-state index is -0.687. The molecule has 0 atom stereocenters. The van der Waals surface area contributed by atoms with E-state index >= 15 is 0 Å². The van der Waals surface area contributed by atoms with Crippen LogP contribution in [-0.2, 0) is 6.61 Å². The van der Waals surface area contributed by atoms with Gasteiger partial charge in [-0.25, -0.2) is 8.78 Å². The molecular formula is C16H12F2O2. The van der Waals surface area contributed by atoms with Gasteiger partial charge in [0.05, 0.1) is 0 Å². The van der Waals surface area contributed by atoms with Crippen molar-refractivity contribution in [3.63, 3.8) is 0 Å². The van der Waals surface area contributed by atoms with E-state index < -0.39 is 11.6 Å². The van der Waals surface area contributed by atoms with E-state index in [9.17, 15) is 8.78 Å². The third-order valence-electron chi connectivity index (χ3n) is 2.55. The molecule has 0 radical (unpaired) electrons. The van der Waals surface area contributed by atoms with Gasteiger partial charge in [-0.3, -0.25) is 0 Å². The first kappa shape index (κ1) is 14.0. The van der Waals surface area contributed by atoms with Gasteiger partial charge in [0.25, 0.3) is 0 Å². The number of hydrogen-bond donors (Lipinski definition) is 1. The van der Waals surface area contributed by atoms with Crippen molar-refractivity contribution in [1.29, 1.82) is 0 Å². The fourth-order valence-electron chi connectivity index (χ4n) is 1.68. The average Bonchev–Trinajstić information content (AvgIpc) is 2.43. The second-order valence-electron chi connectivity index (χ2n) is 4.01. The van der Waals surface area contributed by atoms with Gasteiger partial charge < -0.3 is 9.84 Å². The molecule has 2 aromatic rings. The summed E-state index contributed by atoms with van der Waals surface area (Å²) in [7, 11) is 0. The standard InChI is InChI=1S/C16H12F2O2/c17-14-8-15(18)10-16(9-14)20-11-13-5-2-1-4-12(13)6-3-7-19/h1-2,4-5,8-10,19H,7,11H2. The molecule has 20 heavy (non-hydrogen) atoms. The molecule has 0 saturated carbocycles. The average molecular weight is 274 g/mol. The number of halogens is 2. The van der Waals surface area contributed by atoms with Gasteiger partial charge in [0.15, 0.2) is 0 Å². The van der Waals surface area contributed by atoms with Crippen molar-refractivity contribution in [3.05, 3.63) is 65.2 Å². The number of benzene rings is 2. The van der Waals surface area contributed by atoms with Gasteiger partial charge in [-0.2, -0.15) is 0 Å². The minimum absolute atomic E-state index is 0.118. The number of rotatable bonds is 3. The van der Waals surface area contributed by atoms with Gasteiger partial charge in [0.1, 0.15) is 30.6 Å². The molecule has 1 N–H and O–H groups in total. The monoisotopic (exact) mass is 274 g/mol. The molecule has 0 aliphatic heterocycles. The van der Waals surface area contributed by atoms with E-state index in [-0.39, 0.29) is 19.0 Å². The van der Waals surface area contributed by atoms with E-state index in [1.54, 1.807) is 12.1 Å². The molecule has 102 valence electrons. The van der Waals surface area contributed by atoms with Gasteiger partial charge in [0, 0.05) is 29.3 Å². The lowest BCUT2D eigenvalue weighted by Gasteiger charge is -2.08. The lowest BCUT2D eigenvalue weighted by molar-refractivity contribution is 0.302. The van der Waals surface area contributed by atoms with Gasteiger partial charge in [-0.1, -0.05) is 30.0 Å². The van der Waals surface area contributed by atoms with E-state index in [0.29, 0.717) is 5.56 Å². The molecule has 0 aliphatic rings. The lowest BCUT2D eigenvalue weighted by atomic mass is 10.1. The summed E-state index contributed by atoms with van der Waals surface area (Å²) < 4.78 is 31.4. The largest absolute Gasteiger partial charge is 0.489 e. The van der Waals surface area contributed by atoms with Crippen LogP contribution in [0, 0.1) is 23.5 Å². The highest BCUT2D eigenvalue weighted by atomic mass is 19.1. The maximum atomic E-state index is 13.0. The van der Waals surface area contributed by atoms with Crippen LogP contribution < -0.4 is 4.74 Å². The van der Waals surface area contributed by atoms with E-state index in [1.165, 1.54) is 0 Å². The van der Waals surface area contributed by atoms with Gasteiger partial charge in [0.2, 0.25) is 0 Å². The maximum absolute atomic E-state index is 13.0. The normalized spacial score (nSPS) is 9.75. The van der Waals surface area contributed by atoms with E-state index in [0.717, 1.165) is 23.8 Å². The summed E-state index contributed by atoms with van der Waals surface area (Å²) in [6.07, 6.45) is 0. The van der Waals surface area contributed by atoms with Crippen LogP contribution in [0.3, 0.4) is 0 Å². The van der Waals surface area contributed by atoms with Gasteiger partial charge >= 0.3 is 0 Å². The molecule has 0 heterocycles. The third kappa shape index (κ3) is 3.81. The van der Waals surface area contributed by atoms with Crippen molar-refractivity contribution in [2.24, 2.45) is 0 Å². The van der Waals surface area contributed by atoms with Crippen molar-refractivity contribution in [3.8, 4) is 17.6 Å². The number of ether oxygens (including phenoxy) is 1. The highest BCUT2D eigenvalue weighted by Gasteiger charge is 2.04. The summed E-state index contributed by atoms with van der Waals surface area (Å²) >= 11 is 0. The first-order chi connectivity index (χ1) is 9.69. The number of aliphatic hydroxyl groups is 1. The Bertz CT molecular complexity index is 637. The first-order valence-electron chi connectivity index (χ1n) is 5.95. The zero-order chi connectivity index (χ0) is 14.4. The quantitative estimate of drug-likeness (QED) is 0.872. The number of hydrogen-bond acceptors (Lipinski definition) is 2. The Kier molecular flexibility index (Phi) is 4.70. The minimum Gasteiger partial charge on any atom is -0.489 e. The third-order valence-corrected chi connectivity index (χ3v) is 2.55. The molecule has 0 aliphatic carbocycles. The Hall–Kier alpha value is -2.38. The predicted molar refractivity (Wildman–Crippen MR) is 71.1 cm³/mol. The van der Waals surface area contributed by atoms with Crippen molar-refractivity contribution in [1.82, 2.24) is 0 Å². The molecule has 0 saturated heterocycles. The van der Waals surface area contributed by atoms with Crippen LogP contribution in [-0.4, -0.2) is 11.7 Å². The second kappa shape index (κ2) is 6.69. The Balaban J connectivity index is 2.14. The van der Waals surface area contributed by atoms with Crippen LogP contribution in [0.2, 0.25) is 0 Å². The Labute approximate surface area is 115 Å². The van der Waals surface area contributed by atoms with Crippen LogP contribution in [0.4, 0.5) is 8.78 Å². The highest BCUT2D eigenvalue weighted by Crippen LogP contribution is 2.18. The zero-order valence-corrected chi connectivity index (χ0v) is 10.6. The van der Waals surface area contributed by atoms with Crippen molar-refractivity contribution in [2.45, 2.75) is 6.61 Å². The summed E-state index contributed by atoms with van der Waals surface area (Å²) in [5.41, 5.74) is 1.48. The van der Waals surface area contributed by atoms with Crippen LogP contribution in [0.25, 0.3) is 0 Å². The molecule has 0 fully saturated rings. The van der Waals surface area contributed by atoms with Crippen molar-refractivity contribution in [2.75, 3.05) is 6.61 Å². The topological polar surface area (TPSA) is 29.5 Å². The fourth-order valence-corrected chi connectivity index (χ4v) is 1.68. The molecule has 4 heteroatoms. The maximum Gasteiger partial charge on any atom is 0.129 e. The van der Waals surface area contributed by atoms with Crippen LogP contribution in [0.1, 0.15) is 11.1 Å². The summed E-state index contributed by atoms with van der Waals surface area (Å²) in [5, 5.41) is 8.70. The first-order valence-corrected chi connectivity index (χ1v) is 5.95. The Morgan fingerprint density at radius 2 is 1.75 bits per heavy atom. The molecule has 0 unspecified atom stereocenters. The fraction of sp³-hybridized carbons (Fsp3) is 0.125. The Morgan fingerprint density at radius 3 is 2.45 bits per heavy atom. The van der Waals surface area contributed by atoms with Crippen LogP contribution >= 0.6 is 0 Å². The number of aliphatic hydroxyl groups excluding tert-OH is 1. The van der Waals surface area contributed by atoms with E-state index in [2.05, 4.69) is 11.8 Å². The van der Waals surface area contributed by atoms with Crippen LogP contribution in [0.15, 0.2) is 42.5 Å². The molecule has 2 nitrogen and oxygen atoms in total. The van der Waals surface area contributed by atoms with Crippen LogP contribution in [0.5, 0.6) is 5.75 Å². The van der Waals surface area contributed by atoms with Gasteiger partial charge in [-0.15, -0.1) is 0 Å². The summed E-state index contributed by atoms with van der Waals surface area (Å²) in [6.45, 7) is -0.0938. The smallest absolute Gasteiger partial charge is 0.129 e. The van der Waals surface area contributed by atoms with Gasteiger partial charge in [-0.05, 0) is 6.07 Å². The summed E-state index contributed by atoms with van der Waals surface area (Å²) in [6, 6.07) is 10.2. The van der Waals surface area contributed by atoms with Crippen molar-refractivity contribution >= 4 is 0 Å². The second-order valence-corrected chi connectivity index (χ2v) is 4.01.